The topological polar surface area (TPSA) is 79.1 Å². The van der Waals surface area contributed by atoms with Crippen molar-refractivity contribution in [1.82, 2.24) is 4.57 Å². The number of hydrogen-bond donors (Lipinski definition) is 0. The number of aromatic nitrogens is 1. The molecule has 0 aliphatic heterocycles. The highest BCUT2D eigenvalue weighted by Crippen LogP contribution is 2.20. The number of halogens is 1. The zero-order valence-electron chi connectivity index (χ0n) is 16.6. The van der Waals surface area contributed by atoms with Crippen molar-refractivity contribution in [3.05, 3.63) is 58.6 Å². The molecule has 9 heteroatoms. The summed E-state index contributed by atoms with van der Waals surface area (Å²) in [4.78, 5) is 28.9. The zero-order valence-corrected chi connectivity index (χ0v) is 17.4. The molecule has 0 spiro atoms. The second kappa shape index (κ2) is 10.1. The largest absolute Gasteiger partial charge is 0.481 e. The van der Waals surface area contributed by atoms with E-state index in [2.05, 4.69) is 4.99 Å². The zero-order chi connectivity index (χ0) is 21.5. The Bertz CT molecular complexity index is 1120. The minimum Gasteiger partial charge on any atom is -0.481 e. The molecule has 0 bridgehead atoms. The molecule has 0 saturated heterocycles. The fourth-order valence-corrected chi connectivity index (χ4v) is 3.85. The van der Waals surface area contributed by atoms with E-state index >= 15 is 0 Å². The van der Waals surface area contributed by atoms with Crippen LogP contribution >= 0.6 is 11.3 Å². The van der Waals surface area contributed by atoms with Gasteiger partial charge in [0, 0.05) is 13.7 Å². The predicted octanol–water partition coefficient (Wildman–Crippen LogP) is 3.17. The summed E-state index contributed by atoms with van der Waals surface area (Å²) in [5.74, 6) is -1.52. The Balaban J connectivity index is 1.90. The number of amides is 1. The lowest BCUT2D eigenvalue weighted by atomic mass is 10.2. The average molecular weight is 432 g/mol. The maximum absolute atomic E-state index is 13.6. The molecule has 2 aromatic carbocycles. The number of hydrogen-bond acceptors (Lipinski definition) is 6. The molecule has 7 nitrogen and oxygen atoms in total. The third-order valence-electron chi connectivity index (χ3n) is 4.12. The Morgan fingerprint density at radius 2 is 2.00 bits per heavy atom. The normalized spacial score (nSPS) is 11.6. The Hall–Kier alpha value is -3.04. The van der Waals surface area contributed by atoms with Gasteiger partial charge >= 0.3 is 5.97 Å². The predicted molar refractivity (Wildman–Crippen MR) is 110 cm³/mol. The van der Waals surface area contributed by atoms with Gasteiger partial charge in [-0.15, -0.1) is 0 Å². The van der Waals surface area contributed by atoms with Gasteiger partial charge in [0.1, 0.15) is 0 Å². The van der Waals surface area contributed by atoms with Gasteiger partial charge in [0.15, 0.2) is 23.0 Å². The van der Waals surface area contributed by atoms with Gasteiger partial charge in [0.2, 0.25) is 0 Å². The van der Waals surface area contributed by atoms with Gasteiger partial charge < -0.3 is 18.8 Å². The van der Waals surface area contributed by atoms with Crippen LogP contribution < -0.4 is 9.54 Å². The van der Waals surface area contributed by atoms with E-state index in [4.69, 9.17) is 14.2 Å². The first kappa shape index (κ1) is 21.7. The summed E-state index contributed by atoms with van der Waals surface area (Å²) in [7, 11) is 1.58. The minimum atomic E-state index is -0.554. The Morgan fingerprint density at radius 1 is 1.20 bits per heavy atom. The third-order valence-corrected chi connectivity index (χ3v) is 5.16. The fourth-order valence-electron chi connectivity index (χ4n) is 2.74. The molecule has 0 aliphatic rings. The van der Waals surface area contributed by atoms with Gasteiger partial charge in [-0.25, -0.2) is 9.18 Å². The molecule has 1 heterocycles. The molecule has 1 amide bonds. The van der Waals surface area contributed by atoms with Crippen LogP contribution in [-0.4, -0.2) is 43.4 Å². The van der Waals surface area contributed by atoms with Crippen molar-refractivity contribution < 1.29 is 28.2 Å². The van der Waals surface area contributed by atoms with Crippen molar-refractivity contribution in [3.63, 3.8) is 0 Å². The van der Waals surface area contributed by atoms with Gasteiger partial charge in [-0.1, -0.05) is 23.5 Å². The molecule has 0 fully saturated rings. The summed E-state index contributed by atoms with van der Waals surface area (Å²) in [6.07, 6.45) is 0. The number of benzene rings is 2. The summed E-state index contributed by atoms with van der Waals surface area (Å²) >= 11 is 1.26. The van der Waals surface area contributed by atoms with Crippen LogP contribution in [0.25, 0.3) is 10.2 Å². The molecule has 0 N–H and O–H groups in total. The lowest BCUT2D eigenvalue weighted by Crippen LogP contribution is -2.21. The molecule has 0 aliphatic carbocycles. The number of esters is 1. The first-order valence-corrected chi connectivity index (χ1v) is 10.1. The highest BCUT2D eigenvalue weighted by molar-refractivity contribution is 7.16. The Kier molecular flexibility index (Phi) is 7.31. The van der Waals surface area contributed by atoms with Gasteiger partial charge in [-0.2, -0.15) is 4.99 Å². The van der Waals surface area contributed by atoms with E-state index in [1.807, 2.05) is 4.57 Å². The van der Waals surface area contributed by atoms with Crippen LogP contribution in [0.3, 0.4) is 0 Å². The van der Waals surface area contributed by atoms with E-state index in [1.54, 1.807) is 38.3 Å². The summed E-state index contributed by atoms with van der Waals surface area (Å²) in [6, 6.07) is 11.0. The molecule has 0 unspecified atom stereocenters. The number of para-hydroxylation sites is 1. The SMILES string of the molecule is CCOC(=O)c1ccc2c(c1)sc(=NC(=O)COc1ccccc1F)n2CCOC. The second-order valence-corrected chi connectivity index (χ2v) is 7.17. The average Bonchev–Trinajstić information content (AvgIpc) is 3.07. The van der Waals surface area contributed by atoms with E-state index in [1.165, 1.54) is 29.5 Å². The summed E-state index contributed by atoms with van der Waals surface area (Å²) in [5, 5.41) is 0. The smallest absolute Gasteiger partial charge is 0.338 e. The van der Waals surface area contributed by atoms with Crippen LogP contribution in [0.5, 0.6) is 5.75 Å². The van der Waals surface area contributed by atoms with Gasteiger partial charge in [-0.3, -0.25) is 4.79 Å². The number of rotatable bonds is 8. The second-order valence-electron chi connectivity index (χ2n) is 6.16. The molecule has 158 valence electrons. The molecular formula is C21H21FN2O5S. The van der Waals surface area contributed by atoms with Crippen LogP contribution in [0.2, 0.25) is 0 Å². The molecule has 0 saturated carbocycles. The van der Waals surface area contributed by atoms with Crippen molar-refractivity contribution in [2.24, 2.45) is 4.99 Å². The van der Waals surface area contributed by atoms with Crippen molar-refractivity contribution in [1.29, 1.82) is 0 Å². The lowest BCUT2D eigenvalue weighted by molar-refractivity contribution is -0.120. The van der Waals surface area contributed by atoms with Crippen molar-refractivity contribution in [2.45, 2.75) is 13.5 Å². The highest BCUT2D eigenvalue weighted by Gasteiger charge is 2.13. The molecule has 1 aromatic heterocycles. The van der Waals surface area contributed by atoms with E-state index in [0.29, 0.717) is 23.5 Å². The van der Waals surface area contributed by atoms with Gasteiger partial charge in [0.05, 0.1) is 29.0 Å². The van der Waals surface area contributed by atoms with Crippen molar-refractivity contribution in [3.8, 4) is 5.75 Å². The highest BCUT2D eigenvalue weighted by atomic mass is 32.1. The number of fused-ring (bicyclic) bond motifs is 1. The quantitative estimate of drug-likeness (QED) is 0.511. The van der Waals surface area contributed by atoms with E-state index in [9.17, 15) is 14.0 Å². The molecule has 0 radical (unpaired) electrons. The lowest BCUT2D eigenvalue weighted by Gasteiger charge is -2.06. The Morgan fingerprint density at radius 3 is 2.73 bits per heavy atom. The standard InChI is InChI=1S/C21H21FN2O5S/c1-3-28-20(26)14-8-9-16-18(12-14)30-21(24(16)10-11-27-2)23-19(25)13-29-17-7-5-4-6-15(17)22/h4-9,12H,3,10-11,13H2,1-2H3. The van der Waals surface area contributed by atoms with Crippen molar-refractivity contribution >= 4 is 33.4 Å². The van der Waals surface area contributed by atoms with Crippen LogP contribution in [0.1, 0.15) is 17.3 Å². The Labute approximate surface area is 176 Å². The number of carbonyl (C=O) groups excluding carboxylic acids is 2. The molecule has 3 rings (SSSR count). The van der Waals surface area contributed by atoms with Crippen LogP contribution in [0, 0.1) is 5.82 Å². The van der Waals surface area contributed by atoms with Gasteiger partial charge in [-0.05, 0) is 37.3 Å². The summed E-state index contributed by atoms with van der Waals surface area (Å²) in [5.41, 5.74) is 1.23. The molecule has 30 heavy (non-hydrogen) atoms. The molecular weight excluding hydrogens is 411 g/mol. The fraction of sp³-hybridized carbons (Fsp3) is 0.286. The number of nitrogens with zero attached hydrogens (tertiary/aromatic N) is 2. The van der Waals surface area contributed by atoms with E-state index in [0.717, 1.165) is 10.2 Å². The maximum Gasteiger partial charge on any atom is 0.338 e. The van der Waals surface area contributed by atoms with E-state index < -0.39 is 24.3 Å². The van der Waals surface area contributed by atoms with Crippen LogP contribution in [-0.2, 0) is 20.8 Å². The number of thiazole rings is 1. The minimum absolute atomic E-state index is 0.0104. The van der Waals surface area contributed by atoms with Crippen LogP contribution in [0.4, 0.5) is 4.39 Å². The van der Waals surface area contributed by atoms with Crippen LogP contribution in [0.15, 0.2) is 47.5 Å². The van der Waals surface area contributed by atoms with Gasteiger partial charge in [0.25, 0.3) is 5.91 Å². The maximum atomic E-state index is 13.6. The van der Waals surface area contributed by atoms with Crippen molar-refractivity contribution in [2.75, 3.05) is 26.9 Å². The molecule has 0 atom stereocenters. The molecule has 3 aromatic rings. The first-order valence-electron chi connectivity index (χ1n) is 9.27. The third kappa shape index (κ3) is 5.11. The number of carbonyl (C=O) groups is 2. The summed E-state index contributed by atoms with van der Waals surface area (Å²) in [6.45, 7) is 2.51. The van der Waals surface area contributed by atoms with E-state index in [-0.39, 0.29) is 12.4 Å². The number of methoxy groups -OCH3 is 1. The monoisotopic (exact) mass is 432 g/mol. The summed E-state index contributed by atoms with van der Waals surface area (Å²) < 4.78 is 31.7. The first-order chi connectivity index (χ1) is 14.5. The number of ether oxygens (including phenoxy) is 3.